The van der Waals surface area contributed by atoms with Crippen LogP contribution in [0.15, 0.2) is 6.33 Å². The molecule has 0 fully saturated rings. The smallest absolute Gasteiger partial charge is 0.255 e. The Kier molecular flexibility index (Phi) is 4.77. The molecule has 1 N–H and O–H groups in total. The van der Waals surface area contributed by atoms with Crippen LogP contribution < -0.4 is 5.32 Å². The predicted octanol–water partition coefficient (Wildman–Crippen LogP) is 2.23. The van der Waals surface area contributed by atoms with Crippen molar-refractivity contribution in [1.29, 1.82) is 0 Å². The number of hydrogen-bond donors (Lipinski definition) is 1. The Bertz CT molecular complexity index is 577. The van der Waals surface area contributed by atoms with Crippen molar-refractivity contribution in [3.8, 4) is 0 Å². The van der Waals surface area contributed by atoms with Crippen molar-refractivity contribution in [2.24, 2.45) is 0 Å². The van der Waals surface area contributed by atoms with Crippen molar-refractivity contribution >= 4 is 23.2 Å². The first-order valence-corrected chi connectivity index (χ1v) is 7.29. The Morgan fingerprint density at radius 2 is 2.10 bits per heavy atom. The maximum absolute atomic E-state index is 6.15. The van der Waals surface area contributed by atoms with Crippen molar-refractivity contribution in [2.75, 3.05) is 25.0 Å². The van der Waals surface area contributed by atoms with Gasteiger partial charge in [0, 0.05) is 18.2 Å². The van der Waals surface area contributed by atoms with Crippen LogP contribution in [-0.2, 0) is 0 Å². The van der Waals surface area contributed by atoms with E-state index in [0.29, 0.717) is 10.9 Å². The number of rotatable bonds is 6. The third-order valence-corrected chi connectivity index (χ3v) is 3.78. The van der Waals surface area contributed by atoms with Gasteiger partial charge < -0.3 is 10.2 Å². The third-order valence-electron chi connectivity index (χ3n) is 3.41. The molecule has 2 aromatic rings. The highest BCUT2D eigenvalue weighted by molar-refractivity contribution is 6.30. The number of nitrogens with one attached hydrogen (secondary N) is 1. The molecule has 7 heteroatoms. The summed E-state index contributed by atoms with van der Waals surface area (Å²) in [5.74, 6) is 1.37. The Labute approximate surface area is 124 Å². The van der Waals surface area contributed by atoms with Gasteiger partial charge in [-0.05, 0) is 26.9 Å². The lowest BCUT2D eigenvalue weighted by Gasteiger charge is -2.24. The number of anilines is 1. The summed E-state index contributed by atoms with van der Waals surface area (Å²) in [6, 6.07) is 0.277. The first-order chi connectivity index (χ1) is 9.56. The van der Waals surface area contributed by atoms with E-state index in [1.807, 2.05) is 6.92 Å². The molecule has 1 atom stereocenters. The molecule has 0 amide bonds. The zero-order valence-corrected chi connectivity index (χ0v) is 13.1. The van der Waals surface area contributed by atoms with Crippen molar-refractivity contribution < 1.29 is 0 Å². The maximum atomic E-state index is 6.15. The van der Waals surface area contributed by atoms with Gasteiger partial charge in [0.1, 0.15) is 17.3 Å². The monoisotopic (exact) mass is 296 g/mol. The number of halogens is 1. The average molecular weight is 297 g/mol. The molecule has 0 aliphatic carbocycles. The molecular formula is C13H21ClN6. The number of likely N-dealkylation sites (N-methyl/N-ethyl adjacent to an activating group) is 1. The van der Waals surface area contributed by atoms with Gasteiger partial charge in [-0.3, -0.25) is 0 Å². The molecule has 110 valence electrons. The lowest BCUT2D eigenvalue weighted by Crippen LogP contribution is -2.35. The Hall–Kier alpha value is -1.40. The molecule has 2 rings (SSSR count). The molecular weight excluding hydrogens is 276 g/mol. The van der Waals surface area contributed by atoms with Crippen molar-refractivity contribution in [1.82, 2.24) is 24.5 Å². The van der Waals surface area contributed by atoms with Crippen LogP contribution in [0.2, 0.25) is 5.15 Å². The number of hydrogen-bond acceptors (Lipinski definition) is 5. The van der Waals surface area contributed by atoms with Crippen LogP contribution in [0.5, 0.6) is 0 Å². The Balaban J connectivity index is 2.24. The zero-order valence-electron chi connectivity index (χ0n) is 12.4. The van der Waals surface area contributed by atoms with Crippen molar-refractivity contribution in [3.05, 3.63) is 17.0 Å². The van der Waals surface area contributed by atoms with Crippen LogP contribution in [0.25, 0.3) is 5.78 Å². The SMILES string of the molecule is CCN(CC)CC(C)Nc1c(C)c(Cl)nc2ncnn12. The molecule has 0 radical (unpaired) electrons. The lowest BCUT2D eigenvalue weighted by atomic mass is 10.2. The second kappa shape index (κ2) is 6.37. The summed E-state index contributed by atoms with van der Waals surface area (Å²) in [5.41, 5.74) is 0.885. The Morgan fingerprint density at radius 1 is 1.40 bits per heavy atom. The first kappa shape index (κ1) is 15.0. The second-order valence-corrected chi connectivity index (χ2v) is 5.24. The van der Waals surface area contributed by atoms with Crippen LogP contribution in [0.1, 0.15) is 26.3 Å². The summed E-state index contributed by atoms with van der Waals surface area (Å²) in [7, 11) is 0. The van der Waals surface area contributed by atoms with E-state index < -0.39 is 0 Å². The van der Waals surface area contributed by atoms with Crippen LogP contribution in [0.4, 0.5) is 5.82 Å². The van der Waals surface area contributed by atoms with Gasteiger partial charge in [-0.15, -0.1) is 0 Å². The van der Waals surface area contributed by atoms with Gasteiger partial charge in [-0.1, -0.05) is 25.4 Å². The highest BCUT2D eigenvalue weighted by atomic mass is 35.5. The van der Waals surface area contributed by atoms with Crippen LogP contribution in [0.3, 0.4) is 0 Å². The van der Waals surface area contributed by atoms with Gasteiger partial charge in [0.15, 0.2) is 0 Å². The second-order valence-electron chi connectivity index (χ2n) is 4.88. The minimum Gasteiger partial charge on any atom is -0.366 e. The molecule has 2 heterocycles. The average Bonchev–Trinajstić information content (AvgIpc) is 2.89. The number of aromatic nitrogens is 4. The molecule has 0 aliphatic rings. The summed E-state index contributed by atoms with van der Waals surface area (Å²) in [4.78, 5) is 10.7. The minimum absolute atomic E-state index is 0.277. The molecule has 0 aromatic carbocycles. The van der Waals surface area contributed by atoms with Gasteiger partial charge in [-0.2, -0.15) is 19.6 Å². The van der Waals surface area contributed by atoms with Gasteiger partial charge in [-0.25, -0.2) is 0 Å². The summed E-state index contributed by atoms with van der Waals surface area (Å²) in [5, 5.41) is 8.14. The number of nitrogens with zero attached hydrogens (tertiary/aromatic N) is 5. The fourth-order valence-electron chi connectivity index (χ4n) is 2.22. The zero-order chi connectivity index (χ0) is 14.7. The van der Waals surface area contributed by atoms with Crippen molar-refractivity contribution in [2.45, 2.75) is 33.7 Å². The molecule has 6 nitrogen and oxygen atoms in total. The standard InChI is InChI=1S/C13H21ClN6/c1-5-19(6-2)7-9(3)17-12-10(4)11(14)18-13-15-8-16-20(12)13/h8-9,17H,5-7H2,1-4H3. The normalized spacial score (nSPS) is 13.1. The predicted molar refractivity (Wildman–Crippen MR) is 81.4 cm³/mol. The summed E-state index contributed by atoms with van der Waals surface area (Å²) in [6.45, 7) is 11.5. The van der Waals surface area contributed by atoms with E-state index in [1.54, 1.807) is 4.52 Å². The van der Waals surface area contributed by atoms with E-state index in [1.165, 1.54) is 6.33 Å². The van der Waals surface area contributed by atoms with Crippen LogP contribution >= 0.6 is 11.6 Å². The molecule has 0 saturated heterocycles. The van der Waals surface area contributed by atoms with E-state index in [4.69, 9.17) is 11.6 Å². The molecule has 0 saturated carbocycles. The van der Waals surface area contributed by atoms with E-state index >= 15 is 0 Å². The Morgan fingerprint density at radius 3 is 2.75 bits per heavy atom. The molecule has 0 bridgehead atoms. The van der Waals surface area contributed by atoms with Crippen LogP contribution in [0, 0.1) is 6.92 Å². The summed E-state index contributed by atoms with van der Waals surface area (Å²) >= 11 is 6.15. The third kappa shape index (κ3) is 3.02. The fraction of sp³-hybridized carbons (Fsp3) is 0.615. The van der Waals surface area contributed by atoms with Gasteiger partial charge in [0.2, 0.25) is 0 Å². The minimum atomic E-state index is 0.277. The molecule has 2 aromatic heterocycles. The lowest BCUT2D eigenvalue weighted by molar-refractivity contribution is 0.294. The highest BCUT2D eigenvalue weighted by Gasteiger charge is 2.15. The van der Waals surface area contributed by atoms with E-state index in [2.05, 4.69) is 46.1 Å². The fourth-order valence-corrected chi connectivity index (χ4v) is 2.38. The van der Waals surface area contributed by atoms with E-state index in [-0.39, 0.29) is 6.04 Å². The van der Waals surface area contributed by atoms with Gasteiger partial charge in [0.05, 0.1) is 0 Å². The van der Waals surface area contributed by atoms with Crippen molar-refractivity contribution in [3.63, 3.8) is 0 Å². The highest BCUT2D eigenvalue weighted by Crippen LogP contribution is 2.22. The number of fused-ring (bicyclic) bond motifs is 1. The molecule has 20 heavy (non-hydrogen) atoms. The summed E-state index contributed by atoms with van der Waals surface area (Å²) in [6.07, 6.45) is 1.48. The van der Waals surface area contributed by atoms with E-state index in [0.717, 1.165) is 31.0 Å². The first-order valence-electron chi connectivity index (χ1n) is 6.91. The van der Waals surface area contributed by atoms with Gasteiger partial charge in [0.25, 0.3) is 5.78 Å². The quantitative estimate of drug-likeness (QED) is 0.829. The molecule has 1 unspecified atom stereocenters. The molecule has 0 spiro atoms. The largest absolute Gasteiger partial charge is 0.366 e. The molecule has 0 aliphatic heterocycles. The topological polar surface area (TPSA) is 58.3 Å². The van der Waals surface area contributed by atoms with Crippen LogP contribution in [-0.4, -0.2) is 50.2 Å². The summed E-state index contributed by atoms with van der Waals surface area (Å²) < 4.78 is 1.69. The van der Waals surface area contributed by atoms with E-state index in [9.17, 15) is 0 Å². The maximum Gasteiger partial charge on any atom is 0.255 e. The van der Waals surface area contributed by atoms with Gasteiger partial charge >= 0.3 is 0 Å².